The molecule has 0 aliphatic carbocycles. The largest absolute Gasteiger partial charge is 0.454 e. The lowest BCUT2D eigenvalue weighted by molar-refractivity contribution is -0.385. The van der Waals surface area contributed by atoms with Crippen molar-refractivity contribution >= 4 is 5.69 Å². The molecule has 2 aromatic rings. The van der Waals surface area contributed by atoms with E-state index in [4.69, 9.17) is 10.00 Å². The monoisotopic (exact) mass is 276 g/mol. The fraction of sp³-hybridized carbons (Fsp3) is 0. The van der Waals surface area contributed by atoms with E-state index in [2.05, 4.69) is 0 Å². The Morgan fingerprint density at radius 2 is 1.95 bits per heavy atom. The third kappa shape index (κ3) is 2.70. The Bertz CT molecular complexity index is 726. The van der Waals surface area contributed by atoms with Gasteiger partial charge in [-0.1, -0.05) is 0 Å². The highest BCUT2D eigenvalue weighted by Crippen LogP contribution is 2.29. The fourth-order valence-corrected chi connectivity index (χ4v) is 1.51. The number of hydrogen-bond donors (Lipinski definition) is 0. The maximum absolute atomic E-state index is 13.4. The molecule has 0 aromatic heterocycles. The Balaban J connectivity index is 2.38. The average Bonchev–Trinajstić information content (AvgIpc) is 2.42. The third-order valence-electron chi connectivity index (χ3n) is 2.41. The molecule has 2 rings (SSSR count). The van der Waals surface area contributed by atoms with Gasteiger partial charge in [-0.05, 0) is 18.2 Å². The molecule has 0 saturated carbocycles. The van der Waals surface area contributed by atoms with Crippen LogP contribution in [-0.2, 0) is 0 Å². The Morgan fingerprint density at radius 3 is 2.60 bits per heavy atom. The van der Waals surface area contributed by atoms with Gasteiger partial charge in [0, 0.05) is 18.2 Å². The number of halogens is 2. The van der Waals surface area contributed by atoms with Gasteiger partial charge in [0.05, 0.1) is 4.92 Å². The van der Waals surface area contributed by atoms with E-state index in [-0.39, 0.29) is 22.7 Å². The van der Waals surface area contributed by atoms with Gasteiger partial charge >= 0.3 is 0 Å². The zero-order valence-corrected chi connectivity index (χ0v) is 9.84. The normalized spacial score (nSPS) is 9.85. The Morgan fingerprint density at radius 1 is 1.20 bits per heavy atom. The second kappa shape index (κ2) is 5.32. The first-order valence-corrected chi connectivity index (χ1v) is 5.32. The zero-order chi connectivity index (χ0) is 14.7. The Hall–Kier alpha value is -3.01. The quantitative estimate of drug-likeness (QED) is 0.634. The smallest absolute Gasteiger partial charge is 0.287 e. The van der Waals surface area contributed by atoms with Crippen LogP contribution in [0.4, 0.5) is 14.5 Å². The highest BCUT2D eigenvalue weighted by Gasteiger charge is 2.15. The van der Waals surface area contributed by atoms with E-state index in [1.165, 1.54) is 6.07 Å². The number of nitriles is 1. The van der Waals surface area contributed by atoms with Gasteiger partial charge in [0.25, 0.3) is 5.69 Å². The molecule has 0 saturated heterocycles. The van der Waals surface area contributed by atoms with Crippen LogP contribution in [0.2, 0.25) is 0 Å². The highest BCUT2D eigenvalue weighted by atomic mass is 19.1. The molecule has 0 atom stereocenters. The van der Waals surface area contributed by atoms with E-state index >= 15 is 0 Å². The second-order valence-corrected chi connectivity index (χ2v) is 3.72. The lowest BCUT2D eigenvalue weighted by Gasteiger charge is -2.07. The molecule has 2 aromatic carbocycles. The van der Waals surface area contributed by atoms with Gasteiger partial charge in [0.1, 0.15) is 23.2 Å². The van der Waals surface area contributed by atoms with Crippen molar-refractivity contribution in [3.8, 4) is 17.6 Å². The topological polar surface area (TPSA) is 76.2 Å². The summed E-state index contributed by atoms with van der Waals surface area (Å²) in [6.07, 6.45) is 0. The maximum Gasteiger partial charge on any atom is 0.287 e. The third-order valence-corrected chi connectivity index (χ3v) is 2.41. The number of rotatable bonds is 3. The standard InChI is InChI=1S/C13H6F2N2O3/c14-9-1-3-11(15)13(6-9)20-10-2-4-12(17(18)19)8(5-10)7-16/h1-6H. The first kappa shape index (κ1) is 13.4. The molecule has 0 bridgehead atoms. The Kier molecular flexibility index (Phi) is 3.57. The summed E-state index contributed by atoms with van der Waals surface area (Å²) in [5.41, 5.74) is -0.621. The molecule has 0 aliphatic heterocycles. The van der Waals surface area contributed by atoms with Gasteiger partial charge in [0.15, 0.2) is 11.6 Å². The van der Waals surface area contributed by atoms with Crippen LogP contribution in [0.25, 0.3) is 0 Å². The molecule has 0 aliphatic rings. The van der Waals surface area contributed by atoms with Gasteiger partial charge in [-0.2, -0.15) is 5.26 Å². The Labute approximate surface area is 111 Å². The van der Waals surface area contributed by atoms with Crippen LogP contribution in [0, 0.1) is 33.1 Å². The molecule has 100 valence electrons. The fourth-order valence-electron chi connectivity index (χ4n) is 1.51. The molecule has 0 N–H and O–H groups in total. The number of hydrogen-bond acceptors (Lipinski definition) is 4. The second-order valence-electron chi connectivity index (χ2n) is 3.72. The first-order valence-electron chi connectivity index (χ1n) is 5.32. The number of benzene rings is 2. The minimum absolute atomic E-state index is 0.00310. The van der Waals surface area contributed by atoms with E-state index in [1.54, 1.807) is 6.07 Å². The number of nitro groups is 1. The van der Waals surface area contributed by atoms with Crippen LogP contribution in [0.1, 0.15) is 5.56 Å². The number of nitro benzene ring substituents is 1. The van der Waals surface area contributed by atoms with Gasteiger partial charge in [0.2, 0.25) is 0 Å². The maximum atomic E-state index is 13.4. The molecule has 5 nitrogen and oxygen atoms in total. The summed E-state index contributed by atoms with van der Waals surface area (Å²) >= 11 is 0. The summed E-state index contributed by atoms with van der Waals surface area (Å²) in [6.45, 7) is 0. The molecule has 0 radical (unpaired) electrons. The minimum Gasteiger partial charge on any atom is -0.454 e. The molecular formula is C13H6F2N2O3. The number of ether oxygens (including phenoxy) is 1. The van der Waals surface area contributed by atoms with Crippen LogP contribution in [0.5, 0.6) is 11.5 Å². The van der Waals surface area contributed by atoms with Crippen molar-refractivity contribution in [1.82, 2.24) is 0 Å². The summed E-state index contributed by atoms with van der Waals surface area (Å²) in [6, 6.07) is 7.64. The van der Waals surface area contributed by atoms with Crippen LogP contribution in [-0.4, -0.2) is 4.92 Å². The first-order chi connectivity index (χ1) is 9.51. The van der Waals surface area contributed by atoms with E-state index in [9.17, 15) is 18.9 Å². The van der Waals surface area contributed by atoms with Gasteiger partial charge < -0.3 is 4.74 Å². The van der Waals surface area contributed by atoms with Crippen molar-refractivity contribution in [3.63, 3.8) is 0 Å². The van der Waals surface area contributed by atoms with E-state index in [0.717, 1.165) is 30.3 Å². The lowest BCUT2D eigenvalue weighted by atomic mass is 10.2. The van der Waals surface area contributed by atoms with Crippen molar-refractivity contribution in [2.24, 2.45) is 0 Å². The molecule has 20 heavy (non-hydrogen) atoms. The summed E-state index contributed by atoms with van der Waals surface area (Å²) in [4.78, 5) is 9.94. The van der Waals surface area contributed by atoms with Crippen molar-refractivity contribution in [3.05, 3.63) is 63.7 Å². The average molecular weight is 276 g/mol. The van der Waals surface area contributed by atoms with Crippen LogP contribution >= 0.6 is 0 Å². The van der Waals surface area contributed by atoms with E-state index < -0.39 is 16.6 Å². The van der Waals surface area contributed by atoms with E-state index in [1.807, 2.05) is 0 Å². The molecule has 0 unspecified atom stereocenters. The lowest BCUT2D eigenvalue weighted by Crippen LogP contribution is -1.94. The SMILES string of the molecule is N#Cc1cc(Oc2cc(F)ccc2F)ccc1[N+](=O)[O-]. The highest BCUT2D eigenvalue weighted by molar-refractivity contribution is 5.52. The summed E-state index contributed by atoms with van der Waals surface area (Å²) in [5.74, 6) is -1.86. The predicted molar refractivity (Wildman–Crippen MR) is 64.2 cm³/mol. The van der Waals surface area contributed by atoms with Crippen LogP contribution < -0.4 is 4.74 Å². The summed E-state index contributed by atoms with van der Waals surface area (Å²) in [5, 5.41) is 19.5. The van der Waals surface area contributed by atoms with Gasteiger partial charge in [-0.15, -0.1) is 0 Å². The van der Waals surface area contributed by atoms with E-state index in [0.29, 0.717) is 0 Å². The van der Waals surface area contributed by atoms with Gasteiger partial charge in [-0.25, -0.2) is 8.78 Å². The molecular weight excluding hydrogens is 270 g/mol. The van der Waals surface area contributed by atoms with Crippen molar-refractivity contribution in [1.29, 1.82) is 5.26 Å². The number of nitrogens with zero attached hydrogens (tertiary/aromatic N) is 2. The molecule has 0 spiro atoms. The summed E-state index contributed by atoms with van der Waals surface area (Å²) in [7, 11) is 0. The van der Waals surface area contributed by atoms with Crippen molar-refractivity contribution < 1.29 is 18.4 Å². The van der Waals surface area contributed by atoms with Crippen molar-refractivity contribution in [2.75, 3.05) is 0 Å². The van der Waals surface area contributed by atoms with Crippen LogP contribution in [0.3, 0.4) is 0 Å². The molecule has 0 amide bonds. The van der Waals surface area contributed by atoms with Gasteiger partial charge in [-0.3, -0.25) is 10.1 Å². The molecule has 0 fully saturated rings. The predicted octanol–water partition coefficient (Wildman–Crippen LogP) is 3.54. The van der Waals surface area contributed by atoms with Crippen molar-refractivity contribution in [2.45, 2.75) is 0 Å². The van der Waals surface area contributed by atoms with Crippen LogP contribution in [0.15, 0.2) is 36.4 Å². The zero-order valence-electron chi connectivity index (χ0n) is 9.84. The minimum atomic E-state index is -0.789. The summed E-state index contributed by atoms with van der Waals surface area (Å²) < 4.78 is 31.4. The molecule has 0 heterocycles. The molecule has 7 heteroatoms.